The summed E-state index contributed by atoms with van der Waals surface area (Å²) in [5.41, 5.74) is 3.48. The molecule has 1 aromatic carbocycles. The van der Waals surface area contributed by atoms with E-state index in [1.807, 2.05) is 32.0 Å². The Balaban J connectivity index is 2.00. The van der Waals surface area contributed by atoms with E-state index in [0.717, 1.165) is 23.1 Å². The van der Waals surface area contributed by atoms with E-state index in [9.17, 15) is 13.2 Å². The molecule has 1 heterocycles. The summed E-state index contributed by atoms with van der Waals surface area (Å²) >= 11 is 0. The van der Waals surface area contributed by atoms with Crippen LogP contribution >= 0.6 is 0 Å². The molecule has 0 saturated carbocycles. The summed E-state index contributed by atoms with van der Waals surface area (Å²) in [4.78, 5) is 16.4. The highest BCUT2D eigenvalue weighted by Gasteiger charge is 2.19. The number of anilines is 1. The first-order chi connectivity index (χ1) is 11.8. The van der Waals surface area contributed by atoms with Crippen LogP contribution in [0.3, 0.4) is 0 Å². The van der Waals surface area contributed by atoms with Gasteiger partial charge in [-0.1, -0.05) is 18.2 Å². The highest BCUT2D eigenvalue weighted by molar-refractivity contribution is 7.88. The van der Waals surface area contributed by atoms with Crippen molar-refractivity contribution in [2.45, 2.75) is 26.8 Å². The zero-order valence-corrected chi connectivity index (χ0v) is 15.5. The summed E-state index contributed by atoms with van der Waals surface area (Å²) in [6.07, 6.45) is 2.83. The van der Waals surface area contributed by atoms with Gasteiger partial charge in [0.25, 0.3) is 0 Å². The average molecular weight is 361 g/mol. The van der Waals surface area contributed by atoms with Gasteiger partial charge in [-0.3, -0.25) is 9.78 Å². The van der Waals surface area contributed by atoms with Crippen LogP contribution in [0.5, 0.6) is 0 Å². The second kappa shape index (κ2) is 8.22. The zero-order chi connectivity index (χ0) is 18.4. The van der Waals surface area contributed by atoms with Gasteiger partial charge in [0.1, 0.15) is 0 Å². The van der Waals surface area contributed by atoms with Crippen LogP contribution < -0.4 is 5.32 Å². The normalized spacial score (nSPS) is 11.5. The number of aryl methyl sites for hydroxylation is 1. The monoisotopic (exact) mass is 361 g/mol. The van der Waals surface area contributed by atoms with Crippen molar-refractivity contribution in [2.24, 2.45) is 0 Å². The Kier molecular flexibility index (Phi) is 6.27. The largest absolute Gasteiger partial charge is 0.326 e. The molecule has 1 N–H and O–H groups in total. The molecule has 0 aliphatic rings. The van der Waals surface area contributed by atoms with Crippen molar-refractivity contribution >= 4 is 21.6 Å². The first kappa shape index (κ1) is 19.1. The van der Waals surface area contributed by atoms with Crippen molar-refractivity contribution in [3.8, 4) is 0 Å². The number of rotatable bonds is 7. The molecule has 0 saturated heterocycles. The Bertz CT molecular complexity index is 836. The Morgan fingerprint density at radius 1 is 1.16 bits per heavy atom. The van der Waals surface area contributed by atoms with E-state index in [1.165, 1.54) is 4.31 Å². The first-order valence-electron chi connectivity index (χ1n) is 7.98. The van der Waals surface area contributed by atoms with Gasteiger partial charge in [0, 0.05) is 24.8 Å². The molecule has 0 radical (unpaired) electrons. The molecule has 0 spiro atoms. The third-order valence-electron chi connectivity index (χ3n) is 4.00. The van der Waals surface area contributed by atoms with Gasteiger partial charge >= 0.3 is 0 Å². The molecule has 0 bridgehead atoms. The number of pyridine rings is 1. The molecule has 6 nitrogen and oxygen atoms in total. The zero-order valence-electron chi connectivity index (χ0n) is 14.7. The van der Waals surface area contributed by atoms with Gasteiger partial charge in [0.05, 0.1) is 18.5 Å². The molecule has 0 atom stereocenters. The lowest BCUT2D eigenvalue weighted by atomic mass is 10.1. The lowest BCUT2D eigenvalue weighted by Crippen LogP contribution is -2.33. The quantitative estimate of drug-likeness (QED) is 0.822. The lowest BCUT2D eigenvalue weighted by Gasteiger charge is -2.19. The van der Waals surface area contributed by atoms with Crippen LogP contribution in [-0.4, -0.2) is 36.4 Å². The van der Waals surface area contributed by atoms with E-state index in [0.29, 0.717) is 5.69 Å². The van der Waals surface area contributed by atoms with Crippen molar-refractivity contribution in [3.63, 3.8) is 0 Å². The Morgan fingerprint density at radius 3 is 2.56 bits per heavy atom. The molecule has 1 aromatic heterocycles. The number of aromatic nitrogens is 1. The van der Waals surface area contributed by atoms with E-state index in [2.05, 4.69) is 10.3 Å². The maximum absolute atomic E-state index is 12.2. The minimum Gasteiger partial charge on any atom is -0.326 e. The fraction of sp³-hybridized carbons (Fsp3) is 0.333. The first-order valence-corrected chi connectivity index (χ1v) is 9.83. The maximum atomic E-state index is 12.2. The van der Waals surface area contributed by atoms with E-state index in [-0.39, 0.29) is 25.4 Å². The summed E-state index contributed by atoms with van der Waals surface area (Å²) in [7, 11) is -3.43. The number of nitrogens with zero attached hydrogens (tertiary/aromatic N) is 2. The summed E-state index contributed by atoms with van der Waals surface area (Å²) in [5.74, 6) is -0.219. The SMILES string of the molecule is Cc1cccc(NC(=O)CCN(Cc2ccccn2)S(C)(=O)=O)c1C. The molecule has 0 fully saturated rings. The van der Waals surface area contributed by atoms with Crippen molar-refractivity contribution in [2.75, 3.05) is 18.1 Å². The molecular weight excluding hydrogens is 338 g/mol. The van der Waals surface area contributed by atoms with E-state index in [4.69, 9.17) is 0 Å². The topological polar surface area (TPSA) is 79.4 Å². The molecular formula is C18H23N3O3S. The van der Waals surface area contributed by atoms with Crippen LogP contribution in [-0.2, 0) is 21.4 Å². The average Bonchev–Trinajstić information content (AvgIpc) is 2.55. The molecule has 7 heteroatoms. The molecule has 134 valence electrons. The van der Waals surface area contributed by atoms with Gasteiger partial charge in [0.15, 0.2) is 0 Å². The molecule has 0 aliphatic heterocycles. The number of amides is 1. The van der Waals surface area contributed by atoms with Crippen molar-refractivity contribution < 1.29 is 13.2 Å². The fourth-order valence-electron chi connectivity index (χ4n) is 2.36. The van der Waals surface area contributed by atoms with Gasteiger partial charge in [-0.2, -0.15) is 4.31 Å². The number of nitrogens with one attached hydrogen (secondary N) is 1. The Hall–Kier alpha value is -2.25. The van der Waals surface area contributed by atoms with Crippen molar-refractivity contribution in [3.05, 3.63) is 59.4 Å². The van der Waals surface area contributed by atoms with Gasteiger partial charge in [-0.25, -0.2) is 8.42 Å². The molecule has 25 heavy (non-hydrogen) atoms. The van der Waals surface area contributed by atoms with Crippen LogP contribution in [0.25, 0.3) is 0 Å². The van der Waals surface area contributed by atoms with Gasteiger partial charge in [-0.05, 0) is 43.2 Å². The second-order valence-corrected chi connectivity index (χ2v) is 7.95. The highest BCUT2D eigenvalue weighted by atomic mass is 32.2. The predicted molar refractivity (Wildman–Crippen MR) is 98.7 cm³/mol. The standard InChI is InChI=1S/C18H23N3O3S/c1-14-7-6-9-17(15(14)2)20-18(22)10-12-21(25(3,23)24)13-16-8-4-5-11-19-16/h4-9,11H,10,12-13H2,1-3H3,(H,20,22). The van der Waals surface area contributed by atoms with Gasteiger partial charge in [0.2, 0.25) is 15.9 Å². The number of carbonyl (C=O) groups is 1. The van der Waals surface area contributed by atoms with Crippen molar-refractivity contribution in [1.82, 2.24) is 9.29 Å². The smallest absolute Gasteiger partial charge is 0.225 e. The van der Waals surface area contributed by atoms with E-state index in [1.54, 1.807) is 24.4 Å². The maximum Gasteiger partial charge on any atom is 0.225 e. The molecule has 1 amide bonds. The summed E-state index contributed by atoms with van der Waals surface area (Å²) in [5, 5.41) is 2.85. The fourth-order valence-corrected chi connectivity index (χ4v) is 3.15. The van der Waals surface area contributed by atoms with Crippen molar-refractivity contribution in [1.29, 1.82) is 0 Å². The lowest BCUT2D eigenvalue weighted by molar-refractivity contribution is -0.116. The molecule has 2 aromatic rings. The Labute approximate surface area is 148 Å². The van der Waals surface area contributed by atoms with Crippen LogP contribution in [0.4, 0.5) is 5.69 Å². The van der Waals surface area contributed by atoms with Gasteiger partial charge in [-0.15, -0.1) is 0 Å². The van der Waals surface area contributed by atoms with Crippen LogP contribution in [0.15, 0.2) is 42.6 Å². The Morgan fingerprint density at radius 2 is 1.92 bits per heavy atom. The number of carbonyl (C=O) groups excluding carboxylic acids is 1. The number of hydrogen-bond acceptors (Lipinski definition) is 4. The molecule has 2 rings (SSSR count). The van der Waals surface area contributed by atoms with Crippen LogP contribution in [0.1, 0.15) is 23.2 Å². The summed E-state index contributed by atoms with van der Waals surface area (Å²) in [6.45, 7) is 4.17. The van der Waals surface area contributed by atoms with Crippen LogP contribution in [0.2, 0.25) is 0 Å². The van der Waals surface area contributed by atoms with E-state index < -0.39 is 10.0 Å². The molecule has 0 unspecified atom stereocenters. The highest BCUT2D eigenvalue weighted by Crippen LogP contribution is 2.18. The number of sulfonamides is 1. The number of benzene rings is 1. The van der Waals surface area contributed by atoms with Gasteiger partial charge < -0.3 is 5.32 Å². The minimum atomic E-state index is -3.43. The minimum absolute atomic E-state index is 0.0767. The molecule has 0 aliphatic carbocycles. The van der Waals surface area contributed by atoms with Crippen LogP contribution in [0, 0.1) is 13.8 Å². The third kappa shape index (κ3) is 5.65. The summed E-state index contributed by atoms with van der Waals surface area (Å²) in [6, 6.07) is 11.0. The third-order valence-corrected chi connectivity index (χ3v) is 5.25. The second-order valence-electron chi connectivity index (χ2n) is 5.96. The van der Waals surface area contributed by atoms with E-state index >= 15 is 0 Å². The summed E-state index contributed by atoms with van der Waals surface area (Å²) < 4.78 is 25.2. The number of hydrogen-bond donors (Lipinski definition) is 1. The predicted octanol–water partition coefficient (Wildman–Crippen LogP) is 2.49.